The molecular weight excluding hydrogens is 402 g/mol. The fourth-order valence-corrected chi connectivity index (χ4v) is 3.58. The van der Waals surface area contributed by atoms with E-state index in [1.807, 2.05) is 36.6 Å². The summed E-state index contributed by atoms with van der Waals surface area (Å²) in [4.78, 5) is 28.6. The predicted molar refractivity (Wildman–Crippen MR) is 118 cm³/mol. The first-order valence-electron chi connectivity index (χ1n) is 9.43. The van der Waals surface area contributed by atoms with Crippen molar-refractivity contribution in [1.82, 2.24) is 4.98 Å². The second kappa shape index (κ2) is 10.5. The molecule has 0 atom stereocenters. The van der Waals surface area contributed by atoms with Crippen LogP contribution in [0.4, 0.5) is 11.4 Å². The Bertz CT molecular complexity index is 1000. The van der Waals surface area contributed by atoms with Gasteiger partial charge in [-0.1, -0.05) is 6.07 Å². The summed E-state index contributed by atoms with van der Waals surface area (Å²) in [6, 6.07) is 14.7. The number of methoxy groups -OCH3 is 1. The van der Waals surface area contributed by atoms with E-state index >= 15 is 0 Å². The molecule has 30 heavy (non-hydrogen) atoms. The van der Waals surface area contributed by atoms with E-state index in [2.05, 4.69) is 15.6 Å². The topological polar surface area (TPSA) is 89.5 Å². The molecule has 2 amide bonds. The summed E-state index contributed by atoms with van der Waals surface area (Å²) in [5.41, 5.74) is 2.86. The monoisotopic (exact) mass is 425 g/mol. The molecule has 156 valence electrons. The van der Waals surface area contributed by atoms with Crippen LogP contribution < -0.4 is 15.4 Å². The molecule has 0 aliphatic rings. The summed E-state index contributed by atoms with van der Waals surface area (Å²) in [6.07, 6.45) is 0.161. The predicted octanol–water partition coefficient (Wildman–Crippen LogP) is 3.97. The number of nitrogens with one attached hydrogen (secondary N) is 2. The average molecular weight is 426 g/mol. The summed E-state index contributed by atoms with van der Waals surface area (Å²) in [5.74, 6) is 0.377. The molecule has 2 aromatic carbocycles. The number of benzene rings is 2. The number of carbonyl (C=O) groups excluding carboxylic acids is 2. The molecule has 3 rings (SSSR count). The van der Waals surface area contributed by atoms with Crippen molar-refractivity contribution in [2.75, 3.05) is 31.0 Å². The first-order chi connectivity index (χ1) is 14.6. The average Bonchev–Trinajstić information content (AvgIpc) is 3.17. The summed E-state index contributed by atoms with van der Waals surface area (Å²) in [5, 5.41) is 8.27. The van der Waals surface area contributed by atoms with E-state index in [0.717, 1.165) is 16.3 Å². The Labute approximate surface area is 179 Å². The molecule has 0 spiro atoms. The van der Waals surface area contributed by atoms with Gasteiger partial charge < -0.3 is 20.1 Å². The van der Waals surface area contributed by atoms with E-state index in [9.17, 15) is 9.59 Å². The lowest BCUT2D eigenvalue weighted by atomic mass is 10.2. The van der Waals surface area contributed by atoms with Crippen molar-refractivity contribution in [1.29, 1.82) is 0 Å². The zero-order chi connectivity index (χ0) is 21.3. The van der Waals surface area contributed by atoms with Crippen LogP contribution in [0.2, 0.25) is 0 Å². The molecule has 0 saturated carbocycles. The summed E-state index contributed by atoms with van der Waals surface area (Å²) < 4.78 is 10.2. The van der Waals surface area contributed by atoms with Crippen LogP contribution in [0.25, 0.3) is 10.6 Å². The largest absolute Gasteiger partial charge is 0.494 e. The first kappa shape index (κ1) is 21.5. The van der Waals surface area contributed by atoms with Gasteiger partial charge in [0, 0.05) is 29.4 Å². The molecule has 0 unspecified atom stereocenters. The van der Waals surface area contributed by atoms with Gasteiger partial charge >= 0.3 is 0 Å². The molecule has 0 saturated heterocycles. The summed E-state index contributed by atoms with van der Waals surface area (Å²) in [6.45, 7) is 2.54. The van der Waals surface area contributed by atoms with E-state index in [0.29, 0.717) is 23.7 Å². The highest BCUT2D eigenvalue weighted by molar-refractivity contribution is 7.13. The van der Waals surface area contributed by atoms with E-state index < -0.39 is 0 Å². The fraction of sp³-hybridized carbons (Fsp3) is 0.227. The number of nitrogens with zero attached hydrogens (tertiary/aromatic N) is 1. The number of hydrogen-bond donors (Lipinski definition) is 2. The van der Waals surface area contributed by atoms with Crippen LogP contribution in [-0.4, -0.2) is 37.1 Å². The number of amides is 2. The van der Waals surface area contributed by atoms with Crippen molar-refractivity contribution in [3.8, 4) is 16.3 Å². The molecule has 7 nitrogen and oxygen atoms in total. The quantitative estimate of drug-likeness (QED) is 0.541. The van der Waals surface area contributed by atoms with Crippen molar-refractivity contribution >= 4 is 34.5 Å². The third kappa shape index (κ3) is 6.13. The number of hydrogen-bond acceptors (Lipinski definition) is 6. The SMILES string of the molecule is CCOc1ccc(-c2nc(CC(=O)Nc3cccc(NC(=O)COC)c3)cs2)cc1. The Balaban J connectivity index is 1.58. The van der Waals surface area contributed by atoms with Crippen LogP contribution in [0, 0.1) is 0 Å². The molecule has 0 bridgehead atoms. The molecule has 0 aliphatic carbocycles. The highest BCUT2D eigenvalue weighted by Crippen LogP contribution is 2.26. The Morgan fingerprint density at radius 1 is 1.03 bits per heavy atom. The van der Waals surface area contributed by atoms with Crippen LogP contribution in [0.5, 0.6) is 5.75 Å². The van der Waals surface area contributed by atoms with Crippen molar-refractivity contribution < 1.29 is 19.1 Å². The van der Waals surface area contributed by atoms with Crippen LogP contribution in [0.15, 0.2) is 53.9 Å². The zero-order valence-corrected chi connectivity index (χ0v) is 17.6. The molecule has 1 aromatic heterocycles. The molecule has 8 heteroatoms. The maximum Gasteiger partial charge on any atom is 0.250 e. The molecule has 0 radical (unpaired) electrons. The number of rotatable bonds is 9. The number of thiazole rings is 1. The third-order valence-corrected chi connectivity index (χ3v) is 4.95. The van der Waals surface area contributed by atoms with Crippen LogP contribution in [-0.2, 0) is 20.7 Å². The van der Waals surface area contributed by atoms with Crippen LogP contribution >= 0.6 is 11.3 Å². The third-order valence-electron chi connectivity index (χ3n) is 4.01. The minimum atomic E-state index is -0.259. The molecule has 0 fully saturated rings. The maximum absolute atomic E-state index is 12.4. The fourth-order valence-electron chi connectivity index (χ4n) is 2.75. The van der Waals surface area contributed by atoms with Gasteiger partial charge in [0.05, 0.1) is 18.7 Å². The highest BCUT2D eigenvalue weighted by atomic mass is 32.1. The molecule has 0 aliphatic heterocycles. The van der Waals surface area contributed by atoms with Crippen molar-refractivity contribution in [3.63, 3.8) is 0 Å². The normalized spacial score (nSPS) is 10.5. The van der Waals surface area contributed by atoms with Gasteiger partial charge in [-0.3, -0.25) is 9.59 Å². The Morgan fingerprint density at radius 2 is 1.73 bits per heavy atom. The Hall–Kier alpha value is -3.23. The number of carbonyl (C=O) groups is 2. The van der Waals surface area contributed by atoms with E-state index in [1.165, 1.54) is 18.4 Å². The lowest BCUT2D eigenvalue weighted by molar-refractivity contribution is -0.119. The van der Waals surface area contributed by atoms with Gasteiger partial charge in [0.1, 0.15) is 17.4 Å². The van der Waals surface area contributed by atoms with Gasteiger partial charge in [0.15, 0.2) is 0 Å². The van der Waals surface area contributed by atoms with E-state index in [4.69, 9.17) is 9.47 Å². The summed E-state index contributed by atoms with van der Waals surface area (Å²) >= 11 is 1.49. The lowest BCUT2D eigenvalue weighted by Crippen LogP contribution is -2.18. The van der Waals surface area contributed by atoms with Gasteiger partial charge in [-0.15, -0.1) is 11.3 Å². The second-order valence-corrected chi connectivity index (χ2v) is 7.25. The molecule has 2 N–H and O–H groups in total. The Morgan fingerprint density at radius 3 is 2.40 bits per heavy atom. The maximum atomic E-state index is 12.4. The molecule has 3 aromatic rings. The van der Waals surface area contributed by atoms with Gasteiger partial charge in [-0.2, -0.15) is 0 Å². The van der Waals surface area contributed by atoms with E-state index in [-0.39, 0.29) is 24.8 Å². The van der Waals surface area contributed by atoms with Gasteiger partial charge in [0.2, 0.25) is 11.8 Å². The van der Waals surface area contributed by atoms with Gasteiger partial charge in [0.25, 0.3) is 0 Å². The van der Waals surface area contributed by atoms with Gasteiger partial charge in [-0.25, -0.2) is 4.98 Å². The minimum Gasteiger partial charge on any atom is -0.494 e. The van der Waals surface area contributed by atoms with Crippen molar-refractivity contribution in [2.45, 2.75) is 13.3 Å². The lowest BCUT2D eigenvalue weighted by Gasteiger charge is -2.08. The first-order valence-corrected chi connectivity index (χ1v) is 10.3. The number of ether oxygens (including phenoxy) is 2. The summed E-state index contributed by atoms with van der Waals surface area (Å²) in [7, 11) is 1.45. The van der Waals surface area contributed by atoms with Gasteiger partial charge in [-0.05, 0) is 49.4 Å². The highest BCUT2D eigenvalue weighted by Gasteiger charge is 2.10. The number of anilines is 2. The molecule has 1 heterocycles. The van der Waals surface area contributed by atoms with Crippen LogP contribution in [0.1, 0.15) is 12.6 Å². The van der Waals surface area contributed by atoms with Crippen LogP contribution in [0.3, 0.4) is 0 Å². The molecular formula is C22H23N3O4S. The zero-order valence-electron chi connectivity index (χ0n) is 16.8. The van der Waals surface area contributed by atoms with Crippen molar-refractivity contribution in [3.05, 3.63) is 59.6 Å². The van der Waals surface area contributed by atoms with Crippen molar-refractivity contribution in [2.24, 2.45) is 0 Å². The smallest absolute Gasteiger partial charge is 0.250 e. The standard InChI is InChI=1S/C22H23N3O4S/c1-3-29-19-9-7-15(8-10-19)22-25-18(14-30-22)12-20(26)23-16-5-4-6-17(11-16)24-21(27)13-28-2/h4-11,14H,3,12-13H2,1-2H3,(H,23,26)(H,24,27). The number of aromatic nitrogens is 1. The minimum absolute atomic E-state index is 0.0307. The Kier molecular flexibility index (Phi) is 7.53. The van der Waals surface area contributed by atoms with E-state index in [1.54, 1.807) is 24.3 Å². The second-order valence-electron chi connectivity index (χ2n) is 6.39.